The molecule has 0 spiro atoms. The lowest BCUT2D eigenvalue weighted by molar-refractivity contribution is -0.143. The highest BCUT2D eigenvalue weighted by atomic mass is 19.1. The summed E-state index contributed by atoms with van der Waals surface area (Å²) in [6, 6.07) is 13.5. The number of imide groups is 1. The molecule has 0 bridgehead atoms. The van der Waals surface area contributed by atoms with Crippen molar-refractivity contribution in [2.75, 3.05) is 4.90 Å². The SMILES string of the molecule is CC(c1ccccc1)N(C(=O)C1C(C)(C)C1(C)C)C1CC(=O)N(c2ccc(F)cc2)C1=O. The standard InChI is InChI=1S/C26H29FN2O3/c1-16(17-9-7-6-8-10-17)28(24(32)22-25(2,3)26(22,4)5)20-15-21(30)29(23(20)31)19-13-11-18(27)12-14-19/h6-14,16,20,22H,15H2,1-5H3. The van der Waals surface area contributed by atoms with E-state index in [9.17, 15) is 18.8 Å². The summed E-state index contributed by atoms with van der Waals surface area (Å²) < 4.78 is 13.4. The van der Waals surface area contributed by atoms with Gasteiger partial charge in [-0.15, -0.1) is 0 Å². The lowest BCUT2D eigenvalue weighted by atomic mass is 10.0. The predicted octanol–water partition coefficient (Wildman–Crippen LogP) is 4.73. The van der Waals surface area contributed by atoms with Gasteiger partial charge < -0.3 is 4.90 Å². The number of amides is 3. The van der Waals surface area contributed by atoms with Gasteiger partial charge >= 0.3 is 0 Å². The van der Waals surface area contributed by atoms with Crippen molar-refractivity contribution in [3.8, 4) is 0 Å². The Morgan fingerprint density at radius 2 is 1.56 bits per heavy atom. The van der Waals surface area contributed by atoms with Crippen molar-refractivity contribution >= 4 is 23.4 Å². The van der Waals surface area contributed by atoms with Gasteiger partial charge in [-0.2, -0.15) is 0 Å². The van der Waals surface area contributed by atoms with E-state index in [4.69, 9.17) is 0 Å². The summed E-state index contributed by atoms with van der Waals surface area (Å²) in [5.41, 5.74) is 0.801. The first kappa shape index (κ1) is 22.2. The van der Waals surface area contributed by atoms with Crippen LogP contribution in [0.5, 0.6) is 0 Å². The molecule has 32 heavy (non-hydrogen) atoms. The number of hydrogen-bond acceptors (Lipinski definition) is 3. The number of benzene rings is 2. The third-order valence-corrected chi connectivity index (χ3v) is 7.76. The molecule has 3 amide bonds. The van der Waals surface area contributed by atoms with Crippen LogP contribution in [0.1, 0.15) is 52.6 Å². The van der Waals surface area contributed by atoms with Gasteiger partial charge in [0.2, 0.25) is 11.8 Å². The molecule has 1 aliphatic carbocycles. The van der Waals surface area contributed by atoms with Gasteiger partial charge in [0.25, 0.3) is 5.91 Å². The quantitative estimate of drug-likeness (QED) is 0.637. The van der Waals surface area contributed by atoms with Crippen LogP contribution in [0.25, 0.3) is 0 Å². The molecule has 2 aromatic rings. The Morgan fingerprint density at radius 3 is 2.09 bits per heavy atom. The minimum Gasteiger partial charge on any atom is -0.323 e. The summed E-state index contributed by atoms with van der Waals surface area (Å²) in [4.78, 5) is 42.9. The van der Waals surface area contributed by atoms with Crippen LogP contribution in [0.15, 0.2) is 54.6 Å². The molecule has 1 saturated heterocycles. The maximum absolute atomic E-state index is 13.9. The molecule has 2 atom stereocenters. The molecule has 2 aliphatic rings. The van der Waals surface area contributed by atoms with Crippen molar-refractivity contribution in [2.24, 2.45) is 16.7 Å². The van der Waals surface area contributed by atoms with Gasteiger partial charge in [-0.3, -0.25) is 14.4 Å². The monoisotopic (exact) mass is 436 g/mol. The largest absolute Gasteiger partial charge is 0.323 e. The second kappa shape index (κ2) is 7.54. The fourth-order valence-electron chi connectivity index (χ4n) is 5.16. The summed E-state index contributed by atoms with van der Waals surface area (Å²) in [6.07, 6.45) is -0.0906. The van der Waals surface area contributed by atoms with E-state index in [2.05, 4.69) is 27.7 Å². The van der Waals surface area contributed by atoms with E-state index in [-0.39, 0.29) is 41.0 Å². The third kappa shape index (κ3) is 3.33. The van der Waals surface area contributed by atoms with Crippen LogP contribution in [-0.2, 0) is 14.4 Å². The second-order valence-corrected chi connectivity index (χ2v) is 9.97. The molecule has 1 heterocycles. The Balaban J connectivity index is 1.72. The van der Waals surface area contributed by atoms with Gasteiger partial charge in [0.15, 0.2) is 0 Å². The summed E-state index contributed by atoms with van der Waals surface area (Å²) in [5.74, 6) is -1.64. The Labute approximate surface area is 188 Å². The van der Waals surface area contributed by atoms with Crippen molar-refractivity contribution in [1.82, 2.24) is 4.90 Å². The van der Waals surface area contributed by atoms with Crippen LogP contribution in [-0.4, -0.2) is 28.7 Å². The van der Waals surface area contributed by atoms with E-state index in [0.29, 0.717) is 5.69 Å². The highest BCUT2D eigenvalue weighted by Gasteiger charge is 2.69. The molecule has 2 fully saturated rings. The zero-order chi connectivity index (χ0) is 23.4. The lowest BCUT2D eigenvalue weighted by Crippen LogP contribution is -2.48. The molecule has 168 valence electrons. The van der Waals surface area contributed by atoms with Gasteiger partial charge in [-0.05, 0) is 47.6 Å². The summed E-state index contributed by atoms with van der Waals surface area (Å²) in [5, 5.41) is 0. The highest BCUT2D eigenvalue weighted by Crippen LogP contribution is 2.69. The van der Waals surface area contributed by atoms with Crippen molar-refractivity contribution in [2.45, 2.75) is 53.1 Å². The van der Waals surface area contributed by atoms with Crippen molar-refractivity contribution in [3.05, 3.63) is 66.0 Å². The van der Waals surface area contributed by atoms with E-state index in [0.717, 1.165) is 10.5 Å². The molecule has 1 saturated carbocycles. The minimum atomic E-state index is -0.901. The Morgan fingerprint density at radius 1 is 1.00 bits per heavy atom. The van der Waals surface area contributed by atoms with Crippen LogP contribution in [0.2, 0.25) is 0 Å². The van der Waals surface area contributed by atoms with Crippen LogP contribution in [0.3, 0.4) is 0 Å². The first-order valence-electron chi connectivity index (χ1n) is 11.0. The lowest BCUT2D eigenvalue weighted by Gasteiger charge is -2.34. The van der Waals surface area contributed by atoms with Gasteiger partial charge in [0.05, 0.1) is 18.2 Å². The third-order valence-electron chi connectivity index (χ3n) is 7.76. The molecule has 1 aliphatic heterocycles. The van der Waals surface area contributed by atoms with Crippen LogP contribution >= 0.6 is 0 Å². The first-order valence-corrected chi connectivity index (χ1v) is 11.0. The number of carbonyl (C=O) groups is 3. The predicted molar refractivity (Wildman–Crippen MR) is 120 cm³/mol. The van der Waals surface area contributed by atoms with Gasteiger partial charge in [-0.25, -0.2) is 9.29 Å². The van der Waals surface area contributed by atoms with E-state index >= 15 is 0 Å². The molecular weight excluding hydrogens is 407 g/mol. The molecule has 6 heteroatoms. The zero-order valence-corrected chi connectivity index (χ0v) is 19.1. The normalized spacial score (nSPS) is 22.7. The minimum absolute atomic E-state index is 0.0906. The number of nitrogens with zero attached hydrogens (tertiary/aromatic N) is 2. The van der Waals surface area contributed by atoms with E-state index in [1.807, 2.05) is 37.3 Å². The Bertz CT molecular complexity index is 1050. The van der Waals surface area contributed by atoms with Gasteiger partial charge in [0, 0.05) is 5.92 Å². The molecule has 4 rings (SSSR count). The van der Waals surface area contributed by atoms with Crippen molar-refractivity contribution < 1.29 is 18.8 Å². The highest BCUT2D eigenvalue weighted by molar-refractivity contribution is 6.23. The van der Waals surface area contributed by atoms with E-state index in [1.54, 1.807) is 4.90 Å². The fourth-order valence-corrected chi connectivity index (χ4v) is 5.16. The van der Waals surface area contributed by atoms with E-state index in [1.165, 1.54) is 24.3 Å². The summed E-state index contributed by atoms with van der Waals surface area (Å²) in [6.45, 7) is 10.1. The molecule has 2 unspecified atom stereocenters. The van der Waals surface area contributed by atoms with Crippen LogP contribution in [0, 0.1) is 22.6 Å². The average Bonchev–Trinajstić information content (AvgIpc) is 2.98. The molecule has 2 aromatic carbocycles. The maximum Gasteiger partial charge on any atom is 0.257 e. The molecule has 0 N–H and O–H groups in total. The number of anilines is 1. The zero-order valence-electron chi connectivity index (χ0n) is 19.1. The van der Waals surface area contributed by atoms with Crippen molar-refractivity contribution in [3.63, 3.8) is 0 Å². The van der Waals surface area contributed by atoms with Gasteiger partial charge in [-0.1, -0.05) is 58.0 Å². The second-order valence-electron chi connectivity index (χ2n) is 9.97. The number of hydrogen-bond donors (Lipinski definition) is 0. The average molecular weight is 437 g/mol. The number of carbonyl (C=O) groups excluding carboxylic acids is 3. The number of halogens is 1. The molecule has 0 aromatic heterocycles. The number of rotatable bonds is 5. The van der Waals surface area contributed by atoms with Crippen LogP contribution in [0.4, 0.5) is 10.1 Å². The molecular formula is C26H29FN2O3. The van der Waals surface area contributed by atoms with E-state index < -0.39 is 17.8 Å². The van der Waals surface area contributed by atoms with Gasteiger partial charge in [0.1, 0.15) is 11.9 Å². The van der Waals surface area contributed by atoms with Crippen molar-refractivity contribution in [1.29, 1.82) is 0 Å². The first-order chi connectivity index (χ1) is 15.0. The smallest absolute Gasteiger partial charge is 0.257 e. The topological polar surface area (TPSA) is 57.7 Å². The molecule has 0 radical (unpaired) electrons. The maximum atomic E-state index is 13.9. The Hall–Kier alpha value is -3.02. The van der Waals surface area contributed by atoms with Crippen LogP contribution < -0.4 is 4.90 Å². The molecule has 5 nitrogen and oxygen atoms in total. The summed E-state index contributed by atoms with van der Waals surface area (Å²) in [7, 11) is 0. The Kier molecular flexibility index (Phi) is 5.23. The fraction of sp³-hybridized carbons (Fsp3) is 0.423. The summed E-state index contributed by atoms with van der Waals surface area (Å²) >= 11 is 0.